The summed E-state index contributed by atoms with van der Waals surface area (Å²) in [6.07, 6.45) is 1.41. The number of hydrogen-bond acceptors (Lipinski definition) is 4. The lowest BCUT2D eigenvalue weighted by Gasteiger charge is -2.18. The van der Waals surface area contributed by atoms with Crippen molar-refractivity contribution < 1.29 is 9.53 Å². The van der Waals surface area contributed by atoms with E-state index in [1.165, 1.54) is 10.9 Å². The van der Waals surface area contributed by atoms with Crippen LogP contribution in [0.5, 0.6) is 5.75 Å². The number of fused-ring (bicyclic) bond motifs is 1. The fourth-order valence-corrected chi connectivity index (χ4v) is 2.71. The molecule has 0 saturated heterocycles. The number of ether oxygens (including phenoxy) is 1. The topological polar surface area (TPSA) is 64.4 Å². The number of nitrogens with zero attached hydrogens (tertiary/aromatic N) is 3. The first-order chi connectivity index (χ1) is 12.5. The minimum atomic E-state index is -0.219. The Balaban J connectivity index is 1.58. The number of amides is 1. The number of halogens is 1. The Kier molecular flexibility index (Phi) is 5.68. The molecular formula is C19H18BrN3O3. The molecule has 0 radical (unpaired) electrons. The molecule has 3 aromatic rings. The third kappa shape index (κ3) is 4.29. The first-order valence-electron chi connectivity index (χ1n) is 8.11. The Morgan fingerprint density at radius 2 is 1.92 bits per heavy atom. The second kappa shape index (κ2) is 8.14. The minimum Gasteiger partial charge on any atom is -0.492 e. The van der Waals surface area contributed by atoms with Gasteiger partial charge in [-0.05, 0) is 36.4 Å². The van der Waals surface area contributed by atoms with Gasteiger partial charge in [-0.2, -0.15) is 0 Å². The molecule has 2 aromatic carbocycles. The van der Waals surface area contributed by atoms with Crippen molar-refractivity contribution >= 4 is 32.7 Å². The molecule has 1 aromatic heterocycles. The van der Waals surface area contributed by atoms with Gasteiger partial charge in [-0.3, -0.25) is 14.2 Å². The number of benzene rings is 2. The lowest BCUT2D eigenvalue weighted by Crippen LogP contribution is -2.36. The predicted octanol–water partition coefficient (Wildman–Crippen LogP) is 2.70. The van der Waals surface area contributed by atoms with E-state index in [0.717, 1.165) is 10.2 Å². The smallest absolute Gasteiger partial charge is 0.261 e. The summed E-state index contributed by atoms with van der Waals surface area (Å²) in [5.74, 6) is 0.563. The van der Waals surface area contributed by atoms with Gasteiger partial charge in [-0.25, -0.2) is 4.98 Å². The number of hydrogen-bond donors (Lipinski definition) is 0. The van der Waals surface area contributed by atoms with E-state index >= 15 is 0 Å². The second-order valence-electron chi connectivity index (χ2n) is 5.81. The molecular weight excluding hydrogens is 398 g/mol. The summed E-state index contributed by atoms with van der Waals surface area (Å²) in [6, 6.07) is 14.6. The fraction of sp³-hybridized carbons (Fsp3) is 0.211. The SMILES string of the molecule is CN(CCOc1ccc(Br)cc1)C(=O)Cn1cnc2ccccc2c1=O. The Hall–Kier alpha value is -2.67. The molecule has 134 valence electrons. The summed E-state index contributed by atoms with van der Waals surface area (Å²) >= 11 is 3.37. The van der Waals surface area contributed by atoms with E-state index in [-0.39, 0.29) is 18.0 Å². The summed E-state index contributed by atoms with van der Waals surface area (Å²) in [5.41, 5.74) is 0.404. The highest BCUT2D eigenvalue weighted by molar-refractivity contribution is 9.10. The third-order valence-corrected chi connectivity index (χ3v) is 4.50. The largest absolute Gasteiger partial charge is 0.492 e. The normalized spacial score (nSPS) is 10.7. The molecule has 6 nitrogen and oxygen atoms in total. The minimum absolute atomic E-state index is 0.0501. The van der Waals surface area contributed by atoms with Crippen LogP contribution in [0.4, 0.5) is 0 Å². The number of rotatable bonds is 6. The summed E-state index contributed by atoms with van der Waals surface area (Å²) in [7, 11) is 1.69. The lowest BCUT2D eigenvalue weighted by molar-refractivity contribution is -0.130. The number of carbonyl (C=O) groups excluding carboxylic acids is 1. The molecule has 0 aliphatic carbocycles. The van der Waals surface area contributed by atoms with Crippen molar-refractivity contribution in [3.05, 3.63) is 69.7 Å². The van der Waals surface area contributed by atoms with Gasteiger partial charge in [-0.1, -0.05) is 28.1 Å². The van der Waals surface area contributed by atoms with Crippen LogP contribution in [0.25, 0.3) is 10.9 Å². The molecule has 3 rings (SSSR count). The first-order valence-corrected chi connectivity index (χ1v) is 8.90. The second-order valence-corrected chi connectivity index (χ2v) is 6.73. The molecule has 1 heterocycles. The van der Waals surface area contributed by atoms with Crippen molar-refractivity contribution in [2.24, 2.45) is 0 Å². The van der Waals surface area contributed by atoms with Crippen molar-refractivity contribution in [1.29, 1.82) is 0 Å². The molecule has 0 aliphatic heterocycles. The highest BCUT2D eigenvalue weighted by Gasteiger charge is 2.12. The molecule has 0 spiro atoms. The van der Waals surface area contributed by atoms with Gasteiger partial charge >= 0.3 is 0 Å². The van der Waals surface area contributed by atoms with Crippen LogP contribution in [-0.4, -0.2) is 40.6 Å². The van der Waals surface area contributed by atoms with Gasteiger partial charge in [0.05, 0.1) is 23.8 Å². The zero-order valence-electron chi connectivity index (χ0n) is 14.3. The van der Waals surface area contributed by atoms with Crippen LogP contribution in [-0.2, 0) is 11.3 Å². The molecule has 7 heteroatoms. The van der Waals surface area contributed by atoms with Crippen LogP contribution >= 0.6 is 15.9 Å². The van der Waals surface area contributed by atoms with E-state index in [9.17, 15) is 9.59 Å². The van der Waals surface area contributed by atoms with Crippen molar-refractivity contribution in [3.63, 3.8) is 0 Å². The Bertz CT molecular complexity index is 970. The maximum absolute atomic E-state index is 12.4. The quantitative estimate of drug-likeness (QED) is 0.620. The van der Waals surface area contributed by atoms with Crippen LogP contribution < -0.4 is 10.3 Å². The predicted molar refractivity (Wildman–Crippen MR) is 103 cm³/mol. The maximum Gasteiger partial charge on any atom is 0.261 e. The number of carbonyl (C=O) groups is 1. The molecule has 0 unspecified atom stereocenters. The standard InChI is InChI=1S/C19H18BrN3O3/c1-22(10-11-26-15-8-6-14(20)7-9-15)18(24)12-23-13-21-17-5-3-2-4-16(17)19(23)25/h2-9,13H,10-12H2,1H3. The van der Waals surface area contributed by atoms with Crippen LogP contribution in [0, 0.1) is 0 Å². The first kappa shape index (κ1) is 18.1. The average molecular weight is 416 g/mol. The van der Waals surface area contributed by atoms with Gasteiger partial charge in [0.2, 0.25) is 5.91 Å². The van der Waals surface area contributed by atoms with Crippen LogP contribution in [0.15, 0.2) is 64.1 Å². The van der Waals surface area contributed by atoms with Crippen molar-refractivity contribution in [2.45, 2.75) is 6.54 Å². The van der Waals surface area contributed by atoms with Crippen LogP contribution in [0.1, 0.15) is 0 Å². The molecule has 0 bridgehead atoms. The van der Waals surface area contributed by atoms with Crippen LogP contribution in [0.2, 0.25) is 0 Å². The third-order valence-electron chi connectivity index (χ3n) is 3.97. The van der Waals surface area contributed by atoms with E-state index in [0.29, 0.717) is 24.1 Å². The average Bonchev–Trinajstić information content (AvgIpc) is 2.65. The van der Waals surface area contributed by atoms with Crippen molar-refractivity contribution in [3.8, 4) is 5.75 Å². The van der Waals surface area contributed by atoms with E-state index in [4.69, 9.17) is 4.74 Å². The van der Waals surface area contributed by atoms with Gasteiger partial charge in [0, 0.05) is 11.5 Å². The van der Waals surface area contributed by atoms with Gasteiger partial charge < -0.3 is 9.64 Å². The van der Waals surface area contributed by atoms with Crippen molar-refractivity contribution in [2.75, 3.05) is 20.2 Å². The Labute approximate surface area is 159 Å². The molecule has 0 saturated carbocycles. The zero-order chi connectivity index (χ0) is 18.5. The van der Waals surface area contributed by atoms with E-state index in [2.05, 4.69) is 20.9 Å². The van der Waals surface area contributed by atoms with Gasteiger partial charge in [0.15, 0.2) is 0 Å². The summed E-state index contributed by atoms with van der Waals surface area (Å²) < 4.78 is 7.93. The highest BCUT2D eigenvalue weighted by atomic mass is 79.9. The van der Waals surface area contributed by atoms with Crippen LogP contribution in [0.3, 0.4) is 0 Å². The summed E-state index contributed by atoms with van der Waals surface area (Å²) in [4.78, 5) is 30.6. The van der Waals surface area contributed by atoms with E-state index in [1.54, 1.807) is 30.1 Å². The van der Waals surface area contributed by atoms with Gasteiger partial charge in [-0.15, -0.1) is 0 Å². The molecule has 1 amide bonds. The molecule has 0 atom stereocenters. The number of likely N-dealkylation sites (N-methyl/N-ethyl adjacent to an activating group) is 1. The van der Waals surface area contributed by atoms with Crippen molar-refractivity contribution in [1.82, 2.24) is 14.5 Å². The van der Waals surface area contributed by atoms with E-state index in [1.807, 2.05) is 30.3 Å². The molecule has 0 aliphatic rings. The number of aromatic nitrogens is 2. The fourth-order valence-electron chi connectivity index (χ4n) is 2.44. The monoisotopic (exact) mass is 415 g/mol. The molecule has 0 fully saturated rings. The zero-order valence-corrected chi connectivity index (χ0v) is 15.8. The molecule has 26 heavy (non-hydrogen) atoms. The van der Waals surface area contributed by atoms with E-state index < -0.39 is 0 Å². The number of para-hydroxylation sites is 1. The lowest BCUT2D eigenvalue weighted by atomic mass is 10.2. The Morgan fingerprint density at radius 1 is 1.19 bits per heavy atom. The highest BCUT2D eigenvalue weighted by Crippen LogP contribution is 2.15. The summed E-state index contributed by atoms with van der Waals surface area (Å²) in [6.45, 7) is 0.741. The molecule has 0 N–H and O–H groups in total. The maximum atomic E-state index is 12.4. The summed E-state index contributed by atoms with van der Waals surface area (Å²) in [5, 5.41) is 0.504. The Morgan fingerprint density at radius 3 is 2.69 bits per heavy atom. The van der Waals surface area contributed by atoms with Gasteiger partial charge in [0.25, 0.3) is 5.56 Å². The van der Waals surface area contributed by atoms with Gasteiger partial charge in [0.1, 0.15) is 18.9 Å².